The van der Waals surface area contributed by atoms with Crippen LogP contribution in [0.2, 0.25) is 0 Å². The molecule has 0 bridgehead atoms. The maximum absolute atomic E-state index is 13.4. The van der Waals surface area contributed by atoms with Crippen molar-refractivity contribution in [1.82, 2.24) is 0 Å². The van der Waals surface area contributed by atoms with Gasteiger partial charge in [0.15, 0.2) is 5.76 Å². The molecule has 1 heterocycles. The van der Waals surface area contributed by atoms with Crippen molar-refractivity contribution in [2.24, 2.45) is 0 Å². The first kappa shape index (κ1) is 19.0. The molecule has 0 radical (unpaired) electrons. The Morgan fingerprint density at radius 1 is 0.828 bits per heavy atom. The van der Waals surface area contributed by atoms with E-state index in [0.29, 0.717) is 11.3 Å². The monoisotopic (exact) mass is 405 g/mol. The van der Waals surface area contributed by atoms with Crippen LogP contribution in [0.5, 0.6) is 0 Å². The summed E-state index contributed by atoms with van der Waals surface area (Å²) >= 11 is 0. The molecular formula is C23H19NO4S. The molecule has 0 saturated heterocycles. The van der Waals surface area contributed by atoms with Gasteiger partial charge in [0.2, 0.25) is 9.84 Å². The van der Waals surface area contributed by atoms with Crippen LogP contribution in [0.1, 0.15) is 17.2 Å². The molecule has 0 aliphatic carbocycles. The van der Waals surface area contributed by atoms with Crippen molar-refractivity contribution in [2.45, 2.75) is 17.9 Å². The minimum atomic E-state index is -4.10. The maximum atomic E-state index is 13.4. The molecule has 1 N–H and O–H groups in total. The predicted molar refractivity (Wildman–Crippen MR) is 111 cm³/mol. The first-order chi connectivity index (χ1) is 13.9. The van der Waals surface area contributed by atoms with Crippen molar-refractivity contribution in [1.29, 1.82) is 0 Å². The Morgan fingerprint density at radius 3 is 1.97 bits per heavy atom. The van der Waals surface area contributed by atoms with Crippen LogP contribution in [-0.2, 0) is 14.6 Å². The minimum absolute atomic E-state index is 0.0290. The molecule has 3 aromatic rings. The lowest BCUT2D eigenvalue weighted by Crippen LogP contribution is -2.31. The van der Waals surface area contributed by atoms with E-state index in [0.717, 1.165) is 5.56 Å². The average molecular weight is 405 g/mol. The summed E-state index contributed by atoms with van der Waals surface area (Å²) in [5.74, 6) is -1.49. The molecule has 0 unspecified atom stereocenters. The van der Waals surface area contributed by atoms with E-state index in [1.807, 2.05) is 19.1 Å². The fourth-order valence-corrected chi connectivity index (χ4v) is 5.14. The minimum Gasteiger partial charge on any atom is -0.502 e. The molecule has 0 fully saturated rings. The summed E-state index contributed by atoms with van der Waals surface area (Å²) in [5, 5.41) is 10.7. The number of aliphatic hydroxyl groups excluding tert-OH is 1. The maximum Gasteiger partial charge on any atom is 0.295 e. The number of para-hydroxylation sites is 1. The number of rotatable bonds is 4. The average Bonchev–Trinajstić information content (AvgIpc) is 3.01. The van der Waals surface area contributed by atoms with Gasteiger partial charge in [0.25, 0.3) is 5.91 Å². The summed E-state index contributed by atoms with van der Waals surface area (Å²) in [6, 6.07) is 22.9. The Balaban J connectivity index is 1.95. The highest BCUT2D eigenvalue weighted by atomic mass is 32.2. The largest absolute Gasteiger partial charge is 0.502 e. The Bertz CT molecular complexity index is 1180. The SMILES string of the molecule is Cc1ccc([C@@H]2C(S(=O)(=O)c3ccccc3)=C(O)C(=O)N2c2ccccc2)cc1. The molecule has 1 aliphatic rings. The van der Waals surface area contributed by atoms with Gasteiger partial charge < -0.3 is 5.11 Å². The number of hydrogen-bond acceptors (Lipinski definition) is 4. The van der Waals surface area contributed by atoms with Gasteiger partial charge in [-0.15, -0.1) is 0 Å². The summed E-state index contributed by atoms with van der Waals surface area (Å²) in [7, 11) is -4.10. The number of anilines is 1. The zero-order valence-electron chi connectivity index (χ0n) is 15.7. The van der Waals surface area contributed by atoms with Crippen molar-refractivity contribution in [3.63, 3.8) is 0 Å². The van der Waals surface area contributed by atoms with Gasteiger partial charge in [-0.05, 0) is 36.8 Å². The van der Waals surface area contributed by atoms with Gasteiger partial charge in [-0.1, -0.05) is 66.2 Å². The number of carbonyl (C=O) groups is 1. The van der Waals surface area contributed by atoms with Gasteiger partial charge in [-0.3, -0.25) is 9.69 Å². The fraction of sp³-hybridized carbons (Fsp3) is 0.0870. The van der Waals surface area contributed by atoms with Crippen molar-refractivity contribution in [2.75, 3.05) is 4.90 Å². The molecule has 4 rings (SSSR count). The number of nitrogens with zero attached hydrogens (tertiary/aromatic N) is 1. The van der Waals surface area contributed by atoms with E-state index in [9.17, 15) is 18.3 Å². The number of aliphatic hydroxyl groups is 1. The number of hydrogen-bond donors (Lipinski definition) is 1. The molecule has 0 spiro atoms. The number of benzene rings is 3. The second-order valence-corrected chi connectivity index (χ2v) is 8.77. The van der Waals surface area contributed by atoms with Crippen LogP contribution in [-0.4, -0.2) is 19.4 Å². The summed E-state index contributed by atoms with van der Waals surface area (Å²) in [6.07, 6.45) is 0. The molecule has 1 amide bonds. The molecular weight excluding hydrogens is 386 g/mol. The Labute approximate surface area is 169 Å². The molecule has 1 atom stereocenters. The zero-order chi connectivity index (χ0) is 20.6. The Morgan fingerprint density at radius 2 is 1.38 bits per heavy atom. The lowest BCUT2D eigenvalue weighted by atomic mass is 10.0. The molecule has 0 aromatic heterocycles. The molecule has 0 saturated carbocycles. The smallest absolute Gasteiger partial charge is 0.295 e. The van der Waals surface area contributed by atoms with Crippen LogP contribution >= 0.6 is 0 Å². The van der Waals surface area contributed by atoms with Crippen LogP contribution in [0.25, 0.3) is 0 Å². The third-order valence-corrected chi connectivity index (χ3v) is 6.82. The van der Waals surface area contributed by atoms with Crippen molar-refractivity contribution in [3.05, 3.63) is 107 Å². The van der Waals surface area contributed by atoms with Crippen LogP contribution < -0.4 is 4.90 Å². The molecule has 1 aliphatic heterocycles. The molecule has 6 heteroatoms. The van der Waals surface area contributed by atoms with Gasteiger partial charge in [-0.25, -0.2) is 8.42 Å². The summed E-state index contributed by atoms with van der Waals surface area (Å²) in [4.78, 5) is 14.1. The highest BCUT2D eigenvalue weighted by molar-refractivity contribution is 7.95. The zero-order valence-corrected chi connectivity index (χ0v) is 16.5. The normalized spacial score (nSPS) is 17.1. The molecule has 5 nitrogen and oxygen atoms in total. The quantitative estimate of drug-likeness (QED) is 0.701. The summed E-state index contributed by atoms with van der Waals surface area (Å²) in [5.41, 5.74) is 2.12. The summed E-state index contributed by atoms with van der Waals surface area (Å²) < 4.78 is 26.8. The fourth-order valence-electron chi connectivity index (χ4n) is 3.49. The molecule has 29 heavy (non-hydrogen) atoms. The van der Waals surface area contributed by atoms with Crippen LogP contribution in [0.3, 0.4) is 0 Å². The van der Waals surface area contributed by atoms with E-state index < -0.39 is 27.5 Å². The second kappa shape index (κ2) is 7.22. The summed E-state index contributed by atoms with van der Waals surface area (Å²) in [6.45, 7) is 1.92. The molecule has 3 aromatic carbocycles. The van der Waals surface area contributed by atoms with E-state index in [1.54, 1.807) is 60.7 Å². The Kier molecular flexibility index (Phi) is 4.72. The van der Waals surface area contributed by atoms with Gasteiger partial charge >= 0.3 is 0 Å². The predicted octanol–water partition coefficient (Wildman–Crippen LogP) is 4.33. The number of sulfone groups is 1. The Hall–Kier alpha value is -3.38. The van der Waals surface area contributed by atoms with E-state index in [4.69, 9.17) is 0 Å². The second-order valence-electron chi connectivity index (χ2n) is 6.85. The van der Waals surface area contributed by atoms with Crippen LogP contribution in [0.15, 0.2) is 100 Å². The highest BCUT2D eigenvalue weighted by Crippen LogP contribution is 2.44. The number of aryl methyl sites for hydroxylation is 1. The standard InChI is InChI=1S/C23H19NO4S/c1-16-12-14-17(15-13-16)20-22(29(27,28)19-10-6-3-7-11-19)21(25)23(26)24(20)18-8-4-2-5-9-18/h2-15,20,25H,1H3/t20-/m1/s1. The van der Waals surface area contributed by atoms with Crippen molar-refractivity contribution in [3.8, 4) is 0 Å². The van der Waals surface area contributed by atoms with Gasteiger partial charge in [0, 0.05) is 5.69 Å². The van der Waals surface area contributed by atoms with E-state index in [2.05, 4.69) is 0 Å². The number of amides is 1. The van der Waals surface area contributed by atoms with E-state index >= 15 is 0 Å². The van der Waals surface area contributed by atoms with Crippen LogP contribution in [0.4, 0.5) is 5.69 Å². The first-order valence-corrected chi connectivity index (χ1v) is 10.6. The van der Waals surface area contributed by atoms with Crippen LogP contribution in [0, 0.1) is 6.92 Å². The van der Waals surface area contributed by atoms with Crippen molar-refractivity contribution < 1.29 is 18.3 Å². The third-order valence-electron chi connectivity index (χ3n) is 4.93. The lowest BCUT2D eigenvalue weighted by molar-refractivity contribution is -0.117. The van der Waals surface area contributed by atoms with E-state index in [-0.39, 0.29) is 9.80 Å². The van der Waals surface area contributed by atoms with Gasteiger partial charge in [-0.2, -0.15) is 0 Å². The van der Waals surface area contributed by atoms with Crippen molar-refractivity contribution >= 4 is 21.4 Å². The topological polar surface area (TPSA) is 74.7 Å². The van der Waals surface area contributed by atoms with Gasteiger partial charge in [0.05, 0.1) is 4.90 Å². The van der Waals surface area contributed by atoms with E-state index in [1.165, 1.54) is 17.0 Å². The lowest BCUT2D eigenvalue weighted by Gasteiger charge is -2.27. The highest BCUT2D eigenvalue weighted by Gasteiger charge is 2.47. The number of carbonyl (C=O) groups excluding carboxylic acids is 1. The first-order valence-electron chi connectivity index (χ1n) is 9.09. The third kappa shape index (κ3) is 3.21. The molecule has 146 valence electrons. The van der Waals surface area contributed by atoms with Gasteiger partial charge in [0.1, 0.15) is 10.9 Å².